The lowest BCUT2D eigenvalue weighted by atomic mass is 10.2. The van der Waals surface area contributed by atoms with E-state index in [1.165, 1.54) is 0 Å². The third-order valence-electron chi connectivity index (χ3n) is 2.24. The molecule has 18 heavy (non-hydrogen) atoms. The summed E-state index contributed by atoms with van der Waals surface area (Å²) in [7, 11) is 0. The predicted octanol–water partition coefficient (Wildman–Crippen LogP) is 1.96. The van der Waals surface area contributed by atoms with Crippen molar-refractivity contribution in [1.82, 2.24) is 0 Å². The van der Waals surface area contributed by atoms with Gasteiger partial charge in [-0.25, -0.2) is 4.79 Å². The van der Waals surface area contributed by atoms with Crippen LogP contribution in [0.5, 0.6) is 0 Å². The predicted molar refractivity (Wildman–Crippen MR) is 72.1 cm³/mol. The molecule has 1 rings (SSSR count). The lowest BCUT2D eigenvalue weighted by Gasteiger charge is -2.10. The number of carboxylic acids is 1. The summed E-state index contributed by atoms with van der Waals surface area (Å²) in [5.41, 5.74) is 0.813. The first-order chi connectivity index (χ1) is 8.66. The smallest absolute Gasteiger partial charge is 0.338 e. The van der Waals surface area contributed by atoms with Crippen LogP contribution < -0.4 is 5.32 Å². The zero-order valence-electron chi connectivity index (χ0n) is 9.86. The Morgan fingerprint density at radius 3 is 2.83 bits per heavy atom. The molecular formula is C12H16BrNO4. The first kappa shape index (κ1) is 14.9. The maximum atomic E-state index is 11.1. The van der Waals surface area contributed by atoms with Crippen LogP contribution in [0.3, 0.4) is 0 Å². The molecule has 0 aliphatic rings. The van der Waals surface area contributed by atoms with E-state index in [0.29, 0.717) is 29.9 Å². The van der Waals surface area contributed by atoms with E-state index in [4.69, 9.17) is 14.9 Å². The zero-order valence-corrected chi connectivity index (χ0v) is 11.4. The molecule has 0 saturated carbocycles. The molecule has 1 aromatic carbocycles. The number of aliphatic hydroxyl groups excluding tert-OH is 1. The van der Waals surface area contributed by atoms with Gasteiger partial charge in [0, 0.05) is 23.3 Å². The van der Waals surface area contributed by atoms with Gasteiger partial charge in [0.25, 0.3) is 0 Å². The largest absolute Gasteiger partial charge is 0.478 e. The van der Waals surface area contributed by atoms with Gasteiger partial charge in [0.05, 0.1) is 18.8 Å². The van der Waals surface area contributed by atoms with E-state index in [0.717, 1.165) is 6.42 Å². The number of hydrogen-bond acceptors (Lipinski definition) is 4. The highest BCUT2D eigenvalue weighted by Gasteiger charge is 2.13. The Hall–Kier alpha value is -1.11. The number of benzene rings is 1. The summed E-state index contributed by atoms with van der Waals surface area (Å²) in [4.78, 5) is 11.1. The molecule has 0 aromatic heterocycles. The van der Waals surface area contributed by atoms with Crippen molar-refractivity contribution in [2.45, 2.75) is 6.42 Å². The fraction of sp³-hybridized carbons (Fsp3) is 0.417. The summed E-state index contributed by atoms with van der Waals surface area (Å²) in [5.74, 6) is -0.971. The van der Waals surface area contributed by atoms with E-state index in [1.807, 2.05) is 0 Å². The van der Waals surface area contributed by atoms with Crippen LogP contribution in [0.1, 0.15) is 16.8 Å². The minimum absolute atomic E-state index is 0.0161. The molecule has 0 fully saturated rings. The summed E-state index contributed by atoms with van der Waals surface area (Å²) in [6, 6.07) is 5.20. The van der Waals surface area contributed by atoms with E-state index < -0.39 is 5.97 Å². The van der Waals surface area contributed by atoms with Crippen LogP contribution in [0.4, 0.5) is 5.69 Å². The number of halogens is 1. The Kier molecular flexibility index (Phi) is 6.70. The lowest BCUT2D eigenvalue weighted by Crippen LogP contribution is -2.11. The Morgan fingerprint density at radius 1 is 1.39 bits per heavy atom. The Morgan fingerprint density at radius 2 is 2.17 bits per heavy atom. The molecule has 3 N–H and O–H groups in total. The second kappa shape index (κ2) is 8.07. The molecule has 0 radical (unpaired) electrons. The van der Waals surface area contributed by atoms with Gasteiger partial charge in [-0.05, 0) is 34.5 Å². The van der Waals surface area contributed by atoms with Gasteiger partial charge in [-0.2, -0.15) is 0 Å². The van der Waals surface area contributed by atoms with Crippen molar-refractivity contribution in [1.29, 1.82) is 0 Å². The quantitative estimate of drug-likeness (QED) is 0.639. The molecule has 0 heterocycles. The monoisotopic (exact) mass is 317 g/mol. The van der Waals surface area contributed by atoms with Crippen LogP contribution in [0, 0.1) is 0 Å². The summed E-state index contributed by atoms with van der Waals surface area (Å²) >= 11 is 3.22. The molecule has 0 saturated heterocycles. The van der Waals surface area contributed by atoms with Crippen molar-refractivity contribution in [2.75, 3.05) is 31.7 Å². The molecule has 0 aliphatic carbocycles. The lowest BCUT2D eigenvalue weighted by molar-refractivity contribution is 0.0697. The number of carbonyl (C=O) groups is 1. The van der Waals surface area contributed by atoms with Crippen molar-refractivity contribution >= 4 is 27.6 Å². The number of hydrogen-bond donors (Lipinski definition) is 3. The Bertz CT molecular complexity index is 398. The molecule has 0 unspecified atom stereocenters. The second-order valence-electron chi connectivity index (χ2n) is 3.58. The number of anilines is 1. The van der Waals surface area contributed by atoms with Gasteiger partial charge >= 0.3 is 5.97 Å². The van der Waals surface area contributed by atoms with E-state index in [1.54, 1.807) is 18.2 Å². The normalized spacial score (nSPS) is 10.3. The first-order valence-corrected chi connectivity index (χ1v) is 6.40. The van der Waals surface area contributed by atoms with Gasteiger partial charge < -0.3 is 20.3 Å². The van der Waals surface area contributed by atoms with Gasteiger partial charge in [0.2, 0.25) is 0 Å². The summed E-state index contributed by atoms with van der Waals surface area (Å²) < 4.78 is 5.66. The van der Waals surface area contributed by atoms with Gasteiger partial charge in [0.1, 0.15) is 0 Å². The minimum Gasteiger partial charge on any atom is -0.478 e. The molecule has 0 amide bonds. The van der Waals surface area contributed by atoms with Crippen molar-refractivity contribution < 1.29 is 19.7 Å². The highest BCUT2D eigenvalue weighted by atomic mass is 79.9. The molecule has 0 aliphatic heterocycles. The molecule has 1 aromatic rings. The third-order valence-corrected chi connectivity index (χ3v) is 2.90. The summed E-state index contributed by atoms with van der Waals surface area (Å²) in [5, 5.41) is 20.7. The number of ether oxygens (including phenoxy) is 1. The number of nitrogens with one attached hydrogen (secondary N) is 1. The molecular weight excluding hydrogens is 302 g/mol. The Balaban J connectivity index is 2.47. The average Bonchev–Trinajstić information content (AvgIpc) is 2.33. The fourth-order valence-corrected chi connectivity index (χ4v) is 1.99. The van der Waals surface area contributed by atoms with Crippen molar-refractivity contribution in [2.24, 2.45) is 0 Å². The molecule has 0 spiro atoms. The van der Waals surface area contributed by atoms with Crippen LogP contribution >= 0.6 is 15.9 Å². The van der Waals surface area contributed by atoms with Gasteiger partial charge in [-0.1, -0.05) is 6.07 Å². The van der Waals surface area contributed by atoms with E-state index in [9.17, 15) is 4.79 Å². The van der Waals surface area contributed by atoms with Gasteiger partial charge in [0.15, 0.2) is 0 Å². The van der Waals surface area contributed by atoms with Crippen LogP contribution in [0.25, 0.3) is 0 Å². The summed E-state index contributed by atoms with van der Waals surface area (Å²) in [6.07, 6.45) is 0.742. The first-order valence-electron chi connectivity index (χ1n) is 5.61. The van der Waals surface area contributed by atoms with Crippen molar-refractivity contribution in [3.8, 4) is 0 Å². The van der Waals surface area contributed by atoms with E-state index in [2.05, 4.69) is 21.2 Å². The molecule has 0 bridgehead atoms. The molecule has 5 nitrogen and oxygen atoms in total. The van der Waals surface area contributed by atoms with Gasteiger partial charge in [-0.3, -0.25) is 0 Å². The van der Waals surface area contributed by atoms with E-state index >= 15 is 0 Å². The number of carboxylic acid groups (broad SMARTS) is 1. The van der Waals surface area contributed by atoms with Crippen LogP contribution in [0.15, 0.2) is 22.7 Å². The molecule has 6 heteroatoms. The maximum absolute atomic E-state index is 11.1. The third kappa shape index (κ3) is 4.64. The van der Waals surface area contributed by atoms with E-state index in [-0.39, 0.29) is 12.2 Å². The highest BCUT2D eigenvalue weighted by Crippen LogP contribution is 2.24. The number of rotatable bonds is 8. The zero-order chi connectivity index (χ0) is 13.4. The van der Waals surface area contributed by atoms with Crippen molar-refractivity contribution in [3.05, 3.63) is 28.2 Å². The highest BCUT2D eigenvalue weighted by molar-refractivity contribution is 9.10. The number of aliphatic hydroxyl groups is 1. The SMILES string of the molecule is O=C(O)c1c(Br)cccc1NCCCOCCO. The molecule has 0 atom stereocenters. The number of aromatic carboxylic acids is 1. The topological polar surface area (TPSA) is 78.8 Å². The van der Waals surface area contributed by atoms with Crippen molar-refractivity contribution in [3.63, 3.8) is 0 Å². The Labute approximate surface area is 114 Å². The van der Waals surface area contributed by atoms with Crippen LogP contribution in [-0.4, -0.2) is 42.5 Å². The molecule has 100 valence electrons. The van der Waals surface area contributed by atoms with Crippen LogP contribution in [-0.2, 0) is 4.74 Å². The average molecular weight is 318 g/mol. The summed E-state index contributed by atoms with van der Waals surface area (Å²) in [6.45, 7) is 1.49. The second-order valence-corrected chi connectivity index (χ2v) is 4.44. The minimum atomic E-state index is -0.971. The fourth-order valence-electron chi connectivity index (χ4n) is 1.45. The van der Waals surface area contributed by atoms with Gasteiger partial charge in [-0.15, -0.1) is 0 Å². The standard InChI is InChI=1S/C12H16BrNO4/c13-9-3-1-4-10(11(9)12(16)17)14-5-2-7-18-8-6-15/h1,3-4,14-15H,2,5-8H2,(H,16,17). The van der Waals surface area contributed by atoms with Crippen LogP contribution in [0.2, 0.25) is 0 Å². The maximum Gasteiger partial charge on any atom is 0.338 e.